The topological polar surface area (TPSA) is 12.0 Å². The van der Waals surface area contributed by atoms with Gasteiger partial charge in [0.2, 0.25) is 0 Å². The van der Waals surface area contributed by atoms with Gasteiger partial charge in [0, 0.05) is 6.04 Å². The highest BCUT2D eigenvalue weighted by molar-refractivity contribution is 4.80. The van der Waals surface area contributed by atoms with Crippen molar-refractivity contribution in [2.45, 2.75) is 71.3 Å². The third-order valence-corrected chi connectivity index (χ3v) is 4.27. The molecule has 2 aliphatic carbocycles. The number of nitrogens with one attached hydrogen (secondary N) is 1. The molecule has 2 fully saturated rings. The van der Waals surface area contributed by atoms with Crippen LogP contribution in [0.1, 0.15) is 65.2 Å². The SMILES string of the molecule is CC(C)CC1CCCC(NCCC2CC2)C1. The van der Waals surface area contributed by atoms with Gasteiger partial charge >= 0.3 is 0 Å². The lowest BCUT2D eigenvalue weighted by atomic mass is 9.81. The van der Waals surface area contributed by atoms with Gasteiger partial charge in [0.1, 0.15) is 0 Å². The molecule has 0 aromatic rings. The maximum Gasteiger partial charge on any atom is 0.00697 e. The predicted octanol–water partition coefficient (Wildman–Crippen LogP) is 3.98. The zero-order chi connectivity index (χ0) is 11.4. The largest absolute Gasteiger partial charge is 0.314 e. The molecular formula is C15H29N. The molecule has 0 bridgehead atoms. The predicted molar refractivity (Wildman–Crippen MR) is 70.5 cm³/mol. The van der Waals surface area contributed by atoms with Crippen LogP contribution < -0.4 is 5.32 Å². The summed E-state index contributed by atoms with van der Waals surface area (Å²) in [6.07, 6.45) is 11.7. The van der Waals surface area contributed by atoms with Gasteiger partial charge in [-0.1, -0.05) is 39.5 Å². The molecule has 94 valence electrons. The average molecular weight is 223 g/mol. The van der Waals surface area contributed by atoms with Gasteiger partial charge in [-0.15, -0.1) is 0 Å². The Morgan fingerprint density at radius 2 is 1.88 bits per heavy atom. The molecule has 16 heavy (non-hydrogen) atoms. The van der Waals surface area contributed by atoms with Gasteiger partial charge in [-0.2, -0.15) is 0 Å². The van der Waals surface area contributed by atoms with Crippen LogP contribution in [-0.2, 0) is 0 Å². The Morgan fingerprint density at radius 3 is 2.56 bits per heavy atom. The Bertz CT molecular complexity index is 196. The highest BCUT2D eigenvalue weighted by atomic mass is 14.9. The Hall–Kier alpha value is -0.0400. The van der Waals surface area contributed by atoms with E-state index in [0.717, 1.165) is 23.8 Å². The summed E-state index contributed by atoms with van der Waals surface area (Å²) < 4.78 is 0. The van der Waals surface area contributed by atoms with Gasteiger partial charge in [-0.3, -0.25) is 0 Å². The van der Waals surface area contributed by atoms with Crippen LogP contribution in [0.3, 0.4) is 0 Å². The van der Waals surface area contributed by atoms with Crippen molar-refractivity contribution >= 4 is 0 Å². The van der Waals surface area contributed by atoms with Crippen LogP contribution in [0, 0.1) is 17.8 Å². The second-order valence-electron chi connectivity index (χ2n) is 6.55. The smallest absolute Gasteiger partial charge is 0.00697 e. The van der Waals surface area contributed by atoms with Crippen molar-refractivity contribution < 1.29 is 0 Å². The normalized spacial score (nSPS) is 30.9. The summed E-state index contributed by atoms with van der Waals surface area (Å²) in [6, 6.07) is 0.844. The Kier molecular flexibility index (Phi) is 4.69. The van der Waals surface area contributed by atoms with Crippen molar-refractivity contribution in [3.8, 4) is 0 Å². The third kappa shape index (κ3) is 4.45. The summed E-state index contributed by atoms with van der Waals surface area (Å²) in [4.78, 5) is 0. The van der Waals surface area contributed by atoms with E-state index in [1.807, 2.05) is 0 Å². The van der Waals surface area contributed by atoms with Crippen molar-refractivity contribution in [3.63, 3.8) is 0 Å². The fraction of sp³-hybridized carbons (Fsp3) is 1.00. The highest BCUT2D eigenvalue weighted by Crippen LogP contribution is 2.32. The van der Waals surface area contributed by atoms with Crippen LogP contribution in [0.25, 0.3) is 0 Å². The molecule has 0 amide bonds. The molecule has 2 aliphatic rings. The minimum atomic E-state index is 0.844. The standard InChI is InChI=1S/C15H29N/c1-12(2)10-14-4-3-5-15(11-14)16-9-8-13-6-7-13/h12-16H,3-11H2,1-2H3. The molecule has 1 nitrogen and oxygen atoms in total. The van der Waals surface area contributed by atoms with Gasteiger partial charge in [0.05, 0.1) is 0 Å². The van der Waals surface area contributed by atoms with Crippen LogP contribution in [-0.4, -0.2) is 12.6 Å². The molecule has 0 radical (unpaired) electrons. The van der Waals surface area contributed by atoms with E-state index >= 15 is 0 Å². The molecule has 2 atom stereocenters. The van der Waals surface area contributed by atoms with Crippen molar-refractivity contribution in [1.82, 2.24) is 5.32 Å². The summed E-state index contributed by atoms with van der Waals surface area (Å²) in [5.41, 5.74) is 0. The molecule has 0 saturated heterocycles. The van der Waals surface area contributed by atoms with Crippen molar-refractivity contribution in [2.75, 3.05) is 6.54 Å². The minimum absolute atomic E-state index is 0.844. The number of rotatable bonds is 6. The van der Waals surface area contributed by atoms with E-state index in [4.69, 9.17) is 0 Å². The van der Waals surface area contributed by atoms with Gasteiger partial charge in [0.15, 0.2) is 0 Å². The van der Waals surface area contributed by atoms with Gasteiger partial charge < -0.3 is 5.32 Å². The molecule has 0 aromatic carbocycles. The van der Waals surface area contributed by atoms with E-state index in [0.29, 0.717) is 0 Å². The lowest BCUT2D eigenvalue weighted by Gasteiger charge is -2.31. The second kappa shape index (κ2) is 6.05. The van der Waals surface area contributed by atoms with E-state index in [1.54, 1.807) is 0 Å². The number of hydrogen-bond acceptors (Lipinski definition) is 1. The van der Waals surface area contributed by atoms with Crippen LogP contribution in [0.15, 0.2) is 0 Å². The van der Waals surface area contributed by atoms with Gasteiger partial charge in [-0.25, -0.2) is 0 Å². The zero-order valence-electron chi connectivity index (χ0n) is 11.2. The second-order valence-corrected chi connectivity index (χ2v) is 6.55. The first-order valence-electron chi connectivity index (χ1n) is 7.47. The first kappa shape index (κ1) is 12.4. The minimum Gasteiger partial charge on any atom is -0.314 e. The Balaban J connectivity index is 1.60. The molecule has 2 saturated carbocycles. The molecule has 2 unspecified atom stereocenters. The highest BCUT2D eigenvalue weighted by Gasteiger charge is 2.24. The summed E-state index contributed by atoms with van der Waals surface area (Å²) in [7, 11) is 0. The van der Waals surface area contributed by atoms with Crippen molar-refractivity contribution in [2.24, 2.45) is 17.8 Å². The maximum absolute atomic E-state index is 3.80. The van der Waals surface area contributed by atoms with Gasteiger partial charge in [-0.05, 0) is 50.0 Å². The molecular weight excluding hydrogens is 194 g/mol. The zero-order valence-corrected chi connectivity index (χ0v) is 11.2. The van der Waals surface area contributed by atoms with Crippen molar-refractivity contribution in [3.05, 3.63) is 0 Å². The number of hydrogen-bond donors (Lipinski definition) is 1. The molecule has 0 aromatic heterocycles. The maximum atomic E-state index is 3.80. The summed E-state index contributed by atoms with van der Waals surface area (Å²) >= 11 is 0. The molecule has 0 spiro atoms. The molecule has 0 aliphatic heterocycles. The van der Waals surface area contributed by atoms with Crippen LogP contribution in [0.2, 0.25) is 0 Å². The van der Waals surface area contributed by atoms with Gasteiger partial charge in [0.25, 0.3) is 0 Å². The first-order chi connectivity index (χ1) is 7.74. The monoisotopic (exact) mass is 223 g/mol. The molecule has 1 heteroatoms. The molecule has 2 rings (SSSR count). The van der Waals surface area contributed by atoms with E-state index in [2.05, 4.69) is 19.2 Å². The quantitative estimate of drug-likeness (QED) is 0.718. The lowest BCUT2D eigenvalue weighted by molar-refractivity contribution is 0.252. The van der Waals surface area contributed by atoms with Crippen LogP contribution >= 0.6 is 0 Å². The van der Waals surface area contributed by atoms with E-state index < -0.39 is 0 Å². The first-order valence-corrected chi connectivity index (χ1v) is 7.47. The lowest BCUT2D eigenvalue weighted by Crippen LogP contribution is -2.35. The van der Waals surface area contributed by atoms with E-state index in [1.165, 1.54) is 57.9 Å². The summed E-state index contributed by atoms with van der Waals surface area (Å²) in [5.74, 6) is 2.98. The molecule has 1 N–H and O–H groups in total. The Labute approximate surface area is 101 Å². The third-order valence-electron chi connectivity index (χ3n) is 4.27. The average Bonchev–Trinajstić information content (AvgIpc) is 3.01. The van der Waals surface area contributed by atoms with Crippen LogP contribution in [0.4, 0.5) is 0 Å². The van der Waals surface area contributed by atoms with Crippen molar-refractivity contribution in [1.29, 1.82) is 0 Å². The van der Waals surface area contributed by atoms with E-state index in [-0.39, 0.29) is 0 Å². The summed E-state index contributed by atoms with van der Waals surface area (Å²) in [6.45, 7) is 6.01. The molecule has 0 heterocycles. The summed E-state index contributed by atoms with van der Waals surface area (Å²) in [5, 5.41) is 3.80. The van der Waals surface area contributed by atoms with E-state index in [9.17, 15) is 0 Å². The fourth-order valence-corrected chi connectivity index (χ4v) is 3.26. The Morgan fingerprint density at radius 1 is 1.06 bits per heavy atom. The van der Waals surface area contributed by atoms with Crippen LogP contribution in [0.5, 0.6) is 0 Å². The fourth-order valence-electron chi connectivity index (χ4n) is 3.26.